The van der Waals surface area contributed by atoms with E-state index in [1.165, 1.54) is 18.9 Å². The summed E-state index contributed by atoms with van der Waals surface area (Å²) in [5.74, 6) is 5.37. The molecule has 3 heteroatoms. The van der Waals surface area contributed by atoms with E-state index in [-0.39, 0.29) is 11.9 Å². The van der Waals surface area contributed by atoms with Crippen LogP contribution in [0.2, 0.25) is 0 Å². The van der Waals surface area contributed by atoms with Gasteiger partial charge < -0.3 is 0 Å². The van der Waals surface area contributed by atoms with E-state index in [1.807, 2.05) is 6.07 Å². The van der Waals surface area contributed by atoms with Gasteiger partial charge in [-0.05, 0) is 30.5 Å². The van der Waals surface area contributed by atoms with Gasteiger partial charge in [0.25, 0.3) is 0 Å². The smallest absolute Gasteiger partial charge is 0.126 e. The fraction of sp³-hybridized carbons (Fsp3) is 0.538. The minimum Gasteiger partial charge on any atom is -0.271 e. The van der Waals surface area contributed by atoms with Crippen molar-refractivity contribution < 1.29 is 4.39 Å². The summed E-state index contributed by atoms with van der Waals surface area (Å²) >= 11 is 0. The minimum absolute atomic E-state index is 0.130. The Morgan fingerprint density at radius 2 is 2.12 bits per heavy atom. The highest BCUT2D eigenvalue weighted by molar-refractivity contribution is 5.26. The van der Waals surface area contributed by atoms with Gasteiger partial charge in [0.2, 0.25) is 0 Å². The highest BCUT2D eigenvalue weighted by Crippen LogP contribution is 2.21. The van der Waals surface area contributed by atoms with Crippen LogP contribution in [0.5, 0.6) is 0 Å². The minimum atomic E-state index is -0.159. The third kappa shape index (κ3) is 3.58. The molecule has 0 amide bonds. The van der Waals surface area contributed by atoms with Crippen LogP contribution in [0.1, 0.15) is 49.8 Å². The Bertz CT molecular complexity index is 326. The number of rotatable bonds is 6. The molecule has 90 valence electrons. The largest absolute Gasteiger partial charge is 0.271 e. The van der Waals surface area contributed by atoms with Gasteiger partial charge in [0.1, 0.15) is 5.82 Å². The van der Waals surface area contributed by atoms with Crippen molar-refractivity contribution >= 4 is 0 Å². The second-order valence-electron chi connectivity index (χ2n) is 4.22. The van der Waals surface area contributed by atoms with Crippen molar-refractivity contribution in [3.8, 4) is 0 Å². The highest BCUT2D eigenvalue weighted by atomic mass is 19.1. The fourth-order valence-corrected chi connectivity index (χ4v) is 1.83. The Morgan fingerprint density at radius 1 is 1.38 bits per heavy atom. The van der Waals surface area contributed by atoms with Crippen LogP contribution in [0.15, 0.2) is 18.2 Å². The predicted octanol–water partition coefficient (Wildman–Crippen LogP) is 3.22. The van der Waals surface area contributed by atoms with Crippen molar-refractivity contribution in [1.29, 1.82) is 0 Å². The molecule has 0 aliphatic rings. The van der Waals surface area contributed by atoms with Gasteiger partial charge in [0.05, 0.1) is 0 Å². The van der Waals surface area contributed by atoms with Crippen LogP contribution < -0.4 is 11.3 Å². The Labute approximate surface area is 97.0 Å². The van der Waals surface area contributed by atoms with Gasteiger partial charge in [-0.3, -0.25) is 11.3 Å². The van der Waals surface area contributed by atoms with E-state index in [4.69, 9.17) is 5.84 Å². The molecule has 0 aliphatic heterocycles. The van der Waals surface area contributed by atoms with Crippen LogP contribution in [-0.2, 0) is 0 Å². The normalized spacial score (nSPS) is 12.8. The molecule has 2 nitrogen and oxygen atoms in total. The van der Waals surface area contributed by atoms with Crippen LogP contribution in [-0.4, -0.2) is 0 Å². The molecule has 0 fully saturated rings. The van der Waals surface area contributed by atoms with Crippen LogP contribution in [0.25, 0.3) is 0 Å². The van der Waals surface area contributed by atoms with Gasteiger partial charge in [-0.2, -0.15) is 0 Å². The molecule has 0 bridgehead atoms. The molecule has 0 saturated carbocycles. The van der Waals surface area contributed by atoms with Crippen molar-refractivity contribution in [3.05, 3.63) is 35.1 Å². The molecule has 1 unspecified atom stereocenters. The van der Waals surface area contributed by atoms with Gasteiger partial charge in [0.15, 0.2) is 0 Å². The number of hydrazine groups is 1. The Morgan fingerprint density at radius 3 is 2.69 bits per heavy atom. The first-order chi connectivity index (χ1) is 7.69. The summed E-state index contributed by atoms with van der Waals surface area (Å²) in [6.07, 6.45) is 4.54. The number of halogens is 1. The molecule has 1 aromatic carbocycles. The number of hydrogen-bond donors (Lipinski definition) is 2. The third-order valence-corrected chi connectivity index (χ3v) is 2.88. The molecule has 0 radical (unpaired) electrons. The molecule has 0 heterocycles. The van der Waals surface area contributed by atoms with Crippen molar-refractivity contribution in [2.45, 2.75) is 45.6 Å². The zero-order chi connectivity index (χ0) is 12.0. The monoisotopic (exact) mass is 224 g/mol. The number of nitrogens with one attached hydrogen (secondary N) is 1. The summed E-state index contributed by atoms with van der Waals surface area (Å²) < 4.78 is 13.1. The summed E-state index contributed by atoms with van der Waals surface area (Å²) in [6, 6.07) is 5.31. The molecule has 3 N–H and O–H groups in total. The molecule has 16 heavy (non-hydrogen) atoms. The molecule has 0 saturated heterocycles. The summed E-state index contributed by atoms with van der Waals surface area (Å²) in [7, 11) is 0. The highest BCUT2D eigenvalue weighted by Gasteiger charge is 2.10. The van der Waals surface area contributed by atoms with Crippen LogP contribution in [0, 0.1) is 12.7 Å². The molecular weight excluding hydrogens is 203 g/mol. The van der Waals surface area contributed by atoms with Gasteiger partial charge in [-0.25, -0.2) is 4.39 Å². The van der Waals surface area contributed by atoms with E-state index in [2.05, 4.69) is 12.3 Å². The summed E-state index contributed by atoms with van der Waals surface area (Å²) in [6.45, 7) is 3.95. The Balaban J connectivity index is 2.67. The van der Waals surface area contributed by atoms with E-state index in [9.17, 15) is 4.39 Å². The van der Waals surface area contributed by atoms with Crippen LogP contribution in [0.3, 0.4) is 0 Å². The number of nitrogens with two attached hydrogens (primary N) is 1. The van der Waals surface area contributed by atoms with Gasteiger partial charge in [-0.15, -0.1) is 0 Å². The molecule has 0 aliphatic carbocycles. The topological polar surface area (TPSA) is 38.0 Å². The lowest BCUT2D eigenvalue weighted by molar-refractivity contribution is 0.485. The first kappa shape index (κ1) is 13.1. The number of unbranched alkanes of at least 4 members (excludes halogenated alkanes) is 2. The van der Waals surface area contributed by atoms with Crippen LogP contribution >= 0.6 is 0 Å². The summed E-state index contributed by atoms with van der Waals surface area (Å²) in [5.41, 5.74) is 4.54. The molecule has 0 spiro atoms. The number of benzene rings is 1. The van der Waals surface area contributed by atoms with Gasteiger partial charge in [0, 0.05) is 6.04 Å². The van der Waals surface area contributed by atoms with Crippen LogP contribution in [0.4, 0.5) is 4.39 Å². The molecule has 1 rings (SSSR count). The maximum absolute atomic E-state index is 13.1. The maximum atomic E-state index is 13.1. The van der Waals surface area contributed by atoms with Crippen molar-refractivity contribution in [1.82, 2.24) is 5.43 Å². The molecule has 0 aromatic heterocycles. The fourth-order valence-electron chi connectivity index (χ4n) is 1.83. The van der Waals surface area contributed by atoms with Crippen molar-refractivity contribution in [2.24, 2.45) is 5.84 Å². The van der Waals surface area contributed by atoms with Gasteiger partial charge >= 0.3 is 0 Å². The lowest BCUT2D eigenvalue weighted by Gasteiger charge is -2.16. The first-order valence-electron chi connectivity index (χ1n) is 5.91. The second-order valence-corrected chi connectivity index (χ2v) is 4.22. The predicted molar refractivity (Wildman–Crippen MR) is 65.3 cm³/mol. The van der Waals surface area contributed by atoms with E-state index in [0.29, 0.717) is 5.56 Å². The lowest BCUT2D eigenvalue weighted by atomic mass is 9.99. The van der Waals surface area contributed by atoms with Crippen molar-refractivity contribution in [3.63, 3.8) is 0 Å². The molecule has 1 aromatic rings. The SMILES string of the molecule is CCCCCC(NN)c1ccc(F)c(C)c1. The third-order valence-electron chi connectivity index (χ3n) is 2.88. The Hall–Kier alpha value is -0.930. The Kier molecular flexibility index (Phi) is 5.43. The van der Waals surface area contributed by atoms with E-state index in [1.54, 1.807) is 13.0 Å². The van der Waals surface area contributed by atoms with E-state index < -0.39 is 0 Å². The maximum Gasteiger partial charge on any atom is 0.126 e. The number of hydrogen-bond acceptors (Lipinski definition) is 2. The van der Waals surface area contributed by atoms with E-state index >= 15 is 0 Å². The van der Waals surface area contributed by atoms with E-state index in [0.717, 1.165) is 18.4 Å². The average Bonchev–Trinajstić information content (AvgIpc) is 2.29. The number of aryl methyl sites for hydroxylation is 1. The first-order valence-corrected chi connectivity index (χ1v) is 5.91. The zero-order valence-electron chi connectivity index (χ0n) is 10.1. The lowest BCUT2D eigenvalue weighted by Crippen LogP contribution is -2.28. The standard InChI is InChI=1S/C13H21FN2/c1-3-4-5-6-13(16-15)11-7-8-12(14)10(2)9-11/h7-9,13,16H,3-6,15H2,1-2H3. The zero-order valence-corrected chi connectivity index (χ0v) is 10.1. The molecular formula is C13H21FN2. The average molecular weight is 224 g/mol. The summed E-state index contributed by atoms with van der Waals surface area (Å²) in [5, 5.41) is 0. The van der Waals surface area contributed by atoms with Crippen molar-refractivity contribution in [2.75, 3.05) is 0 Å². The van der Waals surface area contributed by atoms with Gasteiger partial charge in [-0.1, -0.05) is 38.3 Å². The second kappa shape index (κ2) is 6.61. The molecule has 1 atom stereocenters. The summed E-state index contributed by atoms with van der Waals surface area (Å²) in [4.78, 5) is 0. The quantitative estimate of drug-likeness (QED) is 0.442.